The number of ether oxygens (including phenoxy) is 1. The molecule has 1 aliphatic rings. The highest BCUT2D eigenvalue weighted by atomic mass is 32.2. The molecule has 5 nitrogen and oxygen atoms in total. The van der Waals surface area contributed by atoms with Gasteiger partial charge in [0.1, 0.15) is 11.9 Å². The van der Waals surface area contributed by atoms with Gasteiger partial charge in [0.05, 0.1) is 11.4 Å². The molecule has 0 saturated carbocycles. The molecule has 0 atom stereocenters. The maximum Gasteiger partial charge on any atom is 0.216 e. The number of piperidine rings is 1. The van der Waals surface area contributed by atoms with Crippen molar-refractivity contribution in [2.75, 3.05) is 13.1 Å². The van der Waals surface area contributed by atoms with Crippen LogP contribution in [-0.2, 0) is 10.0 Å². The van der Waals surface area contributed by atoms with Gasteiger partial charge in [-0.3, -0.25) is 4.98 Å². The van der Waals surface area contributed by atoms with Crippen molar-refractivity contribution in [3.05, 3.63) is 24.5 Å². The first-order chi connectivity index (χ1) is 9.00. The number of sulfonamides is 1. The molecule has 0 aromatic carbocycles. The van der Waals surface area contributed by atoms with E-state index in [1.807, 2.05) is 12.1 Å². The lowest BCUT2D eigenvalue weighted by Gasteiger charge is -2.32. The van der Waals surface area contributed by atoms with Crippen LogP contribution in [-0.4, -0.2) is 42.2 Å². The zero-order chi connectivity index (χ0) is 13.9. The summed E-state index contributed by atoms with van der Waals surface area (Å²) in [6.45, 7) is 4.50. The summed E-state index contributed by atoms with van der Waals surface area (Å²) in [4.78, 5) is 4.00. The number of hydrogen-bond acceptors (Lipinski definition) is 4. The number of nitrogens with zero attached hydrogens (tertiary/aromatic N) is 2. The minimum Gasteiger partial charge on any atom is -0.489 e. The van der Waals surface area contributed by atoms with Crippen molar-refractivity contribution in [2.45, 2.75) is 38.0 Å². The van der Waals surface area contributed by atoms with Crippen LogP contribution in [0.2, 0.25) is 0 Å². The lowest BCUT2D eigenvalue weighted by molar-refractivity contribution is 0.134. The van der Waals surface area contributed by atoms with E-state index in [4.69, 9.17) is 4.74 Å². The van der Waals surface area contributed by atoms with Crippen molar-refractivity contribution in [3.63, 3.8) is 0 Å². The molecule has 0 aliphatic carbocycles. The third kappa shape index (κ3) is 3.45. The van der Waals surface area contributed by atoms with Crippen LogP contribution in [0.25, 0.3) is 0 Å². The molecule has 0 radical (unpaired) electrons. The Balaban J connectivity index is 1.90. The van der Waals surface area contributed by atoms with E-state index in [0.717, 1.165) is 18.6 Å². The molecule has 1 aromatic rings. The van der Waals surface area contributed by atoms with Crippen molar-refractivity contribution in [1.29, 1.82) is 0 Å². The fourth-order valence-corrected chi connectivity index (χ4v) is 3.43. The van der Waals surface area contributed by atoms with Gasteiger partial charge in [-0.1, -0.05) is 0 Å². The quantitative estimate of drug-likeness (QED) is 0.843. The Morgan fingerprint density at radius 1 is 1.37 bits per heavy atom. The normalized spacial score (nSPS) is 18.7. The molecule has 2 rings (SSSR count). The number of pyridine rings is 1. The van der Waals surface area contributed by atoms with E-state index in [0.29, 0.717) is 13.1 Å². The summed E-state index contributed by atoms with van der Waals surface area (Å²) < 4.78 is 31.4. The third-order valence-electron chi connectivity index (χ3n) is 3.29. The van der Waals surface area contributed by atoms with Crippen molar-refractivity contribution >= 4 is 10.0 Å². The van der Waals surface area contributed by atoms with E-state index < -0.39 is 10.0 Å². The first-order valence-electron chi connectivity index (χ1n) is 6.56. The van der Waals surface area contributed by atoms with E-state index in [1.54, 1.807) is 30.5 Å². The van der Waals surface area contributed by atoms with Crippen molar-refractivity contribution in [1.82, 2.24) is 9.29 Å². The summed E-state index contributed by atoms with van der Waals surface area (Å²) >= 11 is 0. The number of aromatic nitrogens is 1. The standard InChI is InChI=1S/C13H20N2O3S/c1-11(2)19(16,17)15-8-5-12(6-9-15)18-13-4-3-7-14-10-13/h3-4,7,10-12H,5-6,8-9H2,1-2H3. The molecule has 6 heteroatoms. The Hall–Kier alpha value is -1.14. The van der Waals surface area contributed by atoms with Crippen LogP contribution in [0.4, 0.5) is 0 Å². The first-order valence-corrected chi connectivity index (χ1v) is 8.06. The zero-order valence-corrected chi connectivity index (χ0v) is 12.1. The number of hydrogen-bond donors (Lipinski definition) is 0. The first kappa shape index (κ1) is 14.3. The second-order valence-corrected chi connectivity index (χ2v) is 7.49. The lowest BCUT2D eigenvalue weighted by Crippen LogP contribution is -2.44. The highest BCUT2D eigenvalue weighted by Gasteiger charge is 2.30. The summed E-state index contributed by atoms with van der Waals surface area (Å²) in [5.74, 6) is 0.743. The van der Waals surface area contributed by atoms with Crippen LogP contribution in [0.3, 0.4) is 0 Å². The molecular formula is C13H20N2O3S. The lowest BCUT2D eigenvalue weighted by atomic mass is 10.1. The van der Waals surface area contributed by atoms with Crippen LogP contribution >= 0.6 is 0 Å². The van der Waals surface area contributed by atoms with Crippen LogP contribution in [0.1, 0.15) is 26.7 Å². The Morgan fingerprint density at radius 3 is 2.58 bits per heavy atom. The second kappa shape index (κ2) is 5.88. The molecule has 0 spiro atoms. The van der Waals surface area contributed by atoms with Gasteiger partial charge in [0.25, 0.3) is 0 Å². The predicted molar refractivity (Wildman–Crippen MR) is 73.5 cm³/mol. The van der Waals surface area contributed by atoms with E-state index in [9.17, 15) is 8.42 Å². The SMILES string of the molecule is CC(C)S(=O)(=O)N1CCC(Oc2cccnc2)CC1. The predicted octanol–water partition coefficient (Wildman–Crippen LogP) is 1.66. The Kier molecular flexibility index (Phi) is 4.42. The monoisotopic (exact) mass is 284 g/mol. The van der Waals surface area contributed by atoms with Crippen LogP contribution < -0.4 is 4.74 Å². The van der Waals surface area contributed by atoms with Crippen molar-refractivity contribution in [2.24, 2.45) is 0 Å². The molecule has 1 aliphatic heterocycles. The summed E-state index contributed by atoms with van der Waals surface area (Å²) in [7, 11) is -3.13. The van der Waals surface area contributed by atoms with Crippen LogP contribution in [0.5, 0.6) is 5.75 Å². The highest BCUT2D eigenvalue weighted by Crippen LogP contribution is 2.21. The average Bonchev–Trinajstić information content (AvgIpc) is 2.40. The topological polar surface area (TPSA) is 59.5 Å². The van der Waals surface area contributed by atoms with Gasteiger partial charge in [-0.25, -0.2) is 12.7 Å². The Labute approximate surface area is 114 Å². The minimum absolute atomic E-state index is 0.0720. The van der Waals surface area contributed by atoms with Gasteiger partial charge in [-0.15, -0.1) is 0 Å². The molecule has 19 heavy (non-hydrogen) atoms. The number of rotatable bonds is 4. The Morgan fingerprint density at radius 2 is 2.05 bits per heavy atom. The largest absolute Gasteiger partial charge is 0.489 e. The van der Waals surface area contributed by atoms with Gasteiger partial charge in [0.2, 0.25) is 10.0 Å². The second-order valence-electron chi connectivity index (χ2n) is 5.00. The Bertz CT molecular complexity index is 494. The van der Waals surface area contributed by atoms with E-state index in [-0.39, 0.29) is 11.4 Å². The molecule has 0 N–H and O–H groups in total. The molecule has 0 amide bonds. The van der Waals surface area contributed by atoms with Gasteiger partial charge in [0.15, 0.2) is 0 Å². The molecule has 1 saturated heterocycles. The summed E-state index contributed by atoms with van der Waals surface area (Å²) in [6.07, 6.45) is 4.90. The fourth-order valence-electron chi connectivity index (χ4n) is 2.11. The third-order valence-corrected chi connectivity index (χ3v) is 5.57. The van der Waals surface area contributed by atoms with Crippen LogP contribution in [0.15, 0.2) is 24.5 Å². The molecule has 2 heterocycles. The summed E-state index contributed by atoms with van der Waals surface area (Å²) in [5.41, 5.74) is 0. The van der Waals surface area contributed by atoms with E-state index >= 15 is 0 Å². The minimum atomic E-state index is -3.13. The smallest absolute Gasteiger partial charge is 0.216 e. The summed E-state index contributed by atoms with van der Waals surface area (Å²) in [6, 6.07) is 3.69. The van der Waals surface area contributed by atoms with Gasteiger partial charge in [-0.2, -0.15) is 0 Å². The van der Waals surface area contributed by atoms with Gasteiger partial charge < -0.3 is 4.74 Å². The van der Waals surface area contributed by atoms with Gasteiger partial charge in [-0.05, 0) is 38.8 Å². The highest BCUT2D eigenvalue weighted by molar-refractivity contribution is 7.89. The van der Waals surface area contributed by atoms with Gasteiger partial charge >= 0.3 is 0 Å². The van der Waals surface area contributed by atoms with Crippen molar-refractivity contribution < 1.29 is 13.2 Å². The molecule has 0 bridgehead atoms. The average molecular weight is 284 g/mol. The molecule has 1 fully saturated rings. The maximum absolute atomic E-state index is 12.0. The zero-order valence-electron chi connectivity index (χ0n) is 11.3. The van der Waals surface area contributed by atoms with Crippen molar-refractivity contribution in [3.8, 4) is 5.75 Å². The van der Waals surface area contributed by atoms with E-state index in [1.165, 1.54) is 0 Å². The molecule has 1 aromatic heterocycles. The fraction of sp³-hybridized carbons (Fsp3) is 0.615. The molecule has 0 unspecified atom stereocenters. The molecular weight excluding hydrogens is 264 g/mol. The van der Waals surface area contributed by atoms with E-state index in [2.05, 4.69) is 4.98 Å². The maximum atomic E-state index is 12.0. The van der Waals surface area contributed by atoms with Gasteiger partial charge in [0, 0.05) is 19.3 Å². The van der Waals surface area contributed by atoms with Crippen LogP contribution in [0, 0.1) is 0 Å². The summed E-state index contributed by atoms with van der Waals surface area (Å²) in [5, 5.41) is -0.358. The molecule has 106 valence electrons.